The topological polar surface area (TPSA) is 35.2 Å². The molecule has 0 saturated carbocycles. The van der Waals surface area contributed by atoms with E-state index in [9.17, 15) is 0 Å². The van der Waals surface area contributed by atoms with Crippen molar-refractivity contribution in [1.82, 2.24) is 0 Å². The molecule has 0 saturated heterocycles. The van der Waals surface area contributed by atoms with Crippen LogP contribution in [-0.2, 0) is 6.42 Å². The molecule has 0 aliphatic rings. The van der Waals surface area contributed by atoms with Gasteiger partial charge in [0, 0.05) is 10.5 Å². The summed E-state index contributed by atoms with van der Waals surface area (Å²) in [6.07, 6.45) is 1.85. The lowest BCUT2D eigenvalue weighted by molar-refractivity contribution is 0.478. The summed E-state index contributed by atoms with van der Waals surface area (Å²) in [6.45, 7) is 2.10. The van der Waals surface area contributed by atoms with Crippen molar-refractivity contribution in [3.63, 3.8) is 0 Å². The van der Waals surface area contributed by atoms with Gasteiger partial charge >= 0.3 is 0 Å². The van der Waals surface area contributed by atoms with Crippen molar-refractivity contribution in [1.29, 1.82) is 0 Å². The average molecular weight is 446 g/mol. The third kappa shape index (κ3) is 4.20. The Morgan fingerprint density at radius 2 is 2.00 bits per heavy atom. The van der Waals surface area contributed by atoms with Crippen LogP contribution < -0.4 is 10.5 Å². The first-order chi connectivity index (χ1) is 9.60. The fourth-order valence-corrected chi connectivity index (χ4v) is 2.86. The van der Waals surface area contributed by atoms with Gasteiger partial charge in [-0.1, -0.05) is 41.1 Å². The maximum atomic E-state index is 6.00. The summed E-state index contributed by atoms with van der Waals surface area (Å²) in [6, 6.07) is 14.2. The number of benzene rings is 2. The normalized spacial score (nSPS) is 12.2. The lowest BCUT2D eigenvalue weighted by Crippen LogP contribution is -2.21. The minimum Gasteiger partial charge on any atom is -0.456 e. The van der Waals surface area contributed by atoms with Crippen molar-refractivity contribution in [2.75, 3.05) is 0 Å². The number of halogens is 2. The highest BCUT2D eigenvalue weighted by Crippen LogP contribution is 2.30. The van der Waals surface area contributed by atoms with E-state index in [2.05, 4.69) is 51.5 Å². The summed E-state index contributed by atoms with van der Waals surface area (Å²) in [5.74, 6) is 1.70. The highest BCUT2D eigenvalue weighted by Gasteiger charge is 2.08. The largest absolute Gasteiger partial charge is 0.456 e. The van der Waals surface area contributed by atoms with Gasteiger partial charge in [-0.25, -0.2) is 0 Å². The highest BCUT2D eigenvalue weighted by molar-refractivity contribution is 14.1. The van der Waals surface area contributed by atoms with Crippen LogP contribution in [0.2, 0.25) is 0 Å². The maximum Gasteiger partial charge on any atom is 0.140 e. The molecule has 0 bridgehead atoms. The summed E-state index contributed by atoms with van der Waals surface area (Å²) >= 11 is 5.87. The van der Waals surface area contributed by atoms with Crippen molar-refractivity contribution >= 4 is 38.5 Å². The minimum atomic E-state index is 0.202. The van der Waals surface area contributed by atoms with Crippen LogP contribution in [0.1, 0.15) is 18.9 Å². The molecule has 2 rings (SSSR count). The Balaban J connectivity index is 2.15. The molecule has 2 aromatic rings. The van der Waals surface area contributed by atoms with Gasteiger partial charge in [-0.3, -0.25) is 0 Å². The van der Waals surface area contributed by atoms with E-state index in [1.807, 2.05) is 36.4 Å². The van der Waals surface area contributed by atoms with Crippen molar-refractivity contribution in [3.8, 4) is 11.5 Å². The molecule has 1 unspecified atom stereocenters. The summed E-state index contributed by atoms with van der Waals surface area (Å²) < 4.78 is 8.05. The van der Waals surface area contributed by atoms with Crippen LogP contribution >= 0.6 is 38.5 Å². The van der Waals surface area contributed by atoms with Gasteiger partial charge in [0.25, 0.3) is 0 Å². The maximum absolute atomic E-state index is 6.00. The monoisotopic (exact) mass is 445 g/mol. The highest BCUT2D eigenvalue weighted by atomic mass is 127. The minimum absolute atomic E-state index is 0.202. The summed E-state index contributed by atoms with van der Waals surface area (Å²) in [5, 5.41) is 0. The van der Waals surface area contributed by atoms with E-state index in [4.69, 9.17) is 10.5 Å². The van der Waals surface area contributed by atoms with Crippen LogP contribution in [0, 0.1) is 3.57 Å². The smallest absolute Gasteiger partial charge is 0.140 e. The number of nitrogens with two attached hydrogens (primary N) is 1. The van der Waals surface area contributed by atoms with Crippen molar-refractivity contribution in [2.24, 2.45) is 5.73 Å². The van der Waals surface area contributed by atoms with Gasteiger partial charge in [-0.15, -0.1) is 0 Å². The second-order valence-corrected chi connectivity index (χ2v) is 6.67. The fraction of sp³-hybridized carbons (Fsp3) is 0.250. The predicted molar refractivity (Wildman–Crippen MR) is 95.3 cm³/mol. The van der Waals surface area contributed by atoms with Crippen molar-refractivity contribution < 1.29 is 4.74 Å². The molecule has 0 amide bonds. The SMILES string of the molecule is CCC(N)Cc1ccc(Oc2ccccc2I)cc1Br. The number of para-hydroxylation sites is 1. The second kappa shape index (κ2) is 7.43. The molecule has 1 atom stereocenters. The number of ether oxygens (including phenoxy) is 1. The molecule has 4 heteroatoms. The third-order valence-electron chi connectivity index (χ3n) is 3.10. The zero-order valence-electron chi connectivity index (χ0n) is 11.3. The second-order valence-electron chi connectivity index (χ2n) is 4.66. The molecular weight excluding hydrogens is 429 g/mol. The zero-order valence-corrected chi connectivity index (χ0v) is 15.0. The molecule has 0 aromatic heterocycles. The third-order valence-corrected chi connectivity index (χ3v) is 4.72. The van der Waals surface area contributed by atoms with Crippen LogP contribution in [-0.4, -0.2) is 6.04 Å². The first-order valence-corrected chi connectivity index (χ1v) is 8.43. The van der Waals surface area contributed by atoms with Crippen LogP contribution in [0.25, 0.3) is 0 Å². The zero-order chi connectivity index (χ0) is 14.5. The van der Waals surface area contributed by atoms with E-state index < -0.39 is 0 Å². The molecule has 0 spiro atoms. The van der Waals surface area contributed by atoms with Gasteiger partial charge in [-0.2, -0.15) is 0 Å². The van der Waals surface area contributed by atoms with Crippen LogP contribution in [0.3, 0.4) is 0 Å². The van der Waals surface area contributed by atoms with Crippen molar-refractivity contribution in [2.45, 2.75) is 25.8 Å². The molecule has 20 heavy (non-hydrogen) atoms. The van der Waals surface area contributed by atoms with Gasteiger partial charge in [0.2, 0.25) is 0 Å². The molecule has 0 aliphatic carbocycles. The quantitative estimate of drug-likeness (QED) is 0.647. The Hall–Kier alpha value is -0.590. The number of hydrogen-bond donors (Lipinski definition) is 1. The first-order valence-electron chi connectivity index (χ1n) is 6.56. The molecule has 2 aromatic carbocycles. The molecule has 0 radical (unpaired) electrons. The van der Waals surface area contributed by atoms with E-state index in [-0.39, 0.29) is 6.04 Å². The lowest BCUT2D eigenvalue weighted by Gasteiger charge is -2.12. The predicted octanol–water partition coefficient (Wildman–Crippen LogP) is 5.13. The Morgan fingerprint density at radius 1 is 1.25 bits per heavy atom. The van der Waals surface area contributed by atoms with E-state index >= 15 is 0 Å². The lowest BCUT2D eigenvalue weighted by atomic mass is 10.0. The molecule has 106 valence electrons. The Morgan fingerprint density at radius 3 is 2.65 bits per heavy atom. The van der Waals surface area contributed by atoms with Crippen LogP contribution in [0.5, 0.6) is 11.5 Å². The Bertz CT molecular complexity index is 588. The number of hydrogen-bond acceptors (Lipinski definition) is 2. The van der Waals surface area contributed by atoms with Gasteiger partial charge in [-0.05, 0) is 65.3 Å². The molecule has 2 nitrogen and oxygen atoms in total. The van der Waals surface area contributed by atoms with Crippen molar-refractivity contribution in [3.05, 3.63) is 56.1 Å². The van der Waals surface area contributed by atoms with E-state index in [1.165, 1.54) is 5.56 Å². The van der Waals surface area contributed by atoms with E-state index in [0.717, 1.165) is 32.4 Å². The summed E-state index contributed by atoms with van der Waals surface area (Å²) in [7, 11) is 0. The standard InChI is InChI=1S/C16H17BrINO/c1-2-12(19)9-11-7-8-13(10-14(11)17)20-16-6-4-3-5-15(16)18/h3-8,10,12H,2,9,19H2,1H3. The molecular formula is C16H17BrINO. The van der Waals surface area contributed by atoms with Gasteiger partial charge in [0.15, 0.2) is 0 Å². The van der Waals surface area contributed by atoms with Crippen LogP contribution in [0.4, 0.5) is 0 Å². The van der Waals surface area contributed by atoms with Gasteiger partial charge < -0.3 is 10.5 Å². The molecule has 0 heterocycles. The molecule has 2 N–H and O–H groups in total. The Kier molecular flexibility index (Phi) is 5.86. The van der Waals surface area contributed by atoms with Gasteiger partial charge in [0.05, 0.1) is 3.57 Å². The molecule has 0 aliphatic heterocycles. The average Bonchev–Trinajstić information content (AvgIpc) is 2.44. The van der Waals surface area contributed by atoms with Crippen LogP contribution in [0.15, 0.2) is 46.9 Å². The van der Waals surface area contributed by atoms with Gasteiger partial charge in [0.1, 0.15) is 11.5 Å². The van der Waals surface area contributed by atoms with E-state index in [1.54, 1.807) is 0 Å². The van der Waals surface area contributed by atoms with E-state index in [0.29, 0.717) is 0 Å². The number of rotatable bonds is 5. The Labute approximate surface area is 142 Å². The first kappa shape index (κ1) is 15.8. The fourth-order valence-electron chi connectivity index (χ4n) is 1.84. The summed E-state index contributed by atoms with van der Waals surface area (Å²) in [4.78, 5) is 0. The molecule has 0 fully saturated rings. The summed E-state index contributed by atoms with van der Waals surface area (Å²) in [5.41, 5.74) is 7.22.